The molecular weight excluding hydrogens is 578 g/mol. The van der Waals surface area contributed by atoms with Crippen molar-refractivity contribution in [3.8, 4) is 28.0 Å². The second-order valence-electron chi connectivity index (χ2n) is 12.2. The minimum absolute atomic E-state index is 0.0123. The molecule has 1 unspecified atom stereocenters. The van der Waals surface area contributed by atoms with Crippen molar-refractivity contribution in [2.45, 2.75) is 48.0 Å². The number of ether oxygens (including phenoxy) is 1. The van der Waals surface area contributed by atoms with E-state index in [-0.39, 0.29) is 27.7 Å². The second-order valence-corrected chi connectivity index (χ2v) is 14.1. The van der Waals surface area contributed by atoms with Crippen LogP contribution in [0.3, 0.4) is 0 Å². The SMILES string of the molecule is O=C1CC(c2ccccc2)Oc2c1cccc2S(=O)(=O)c1ccc(-c2ccc(-c3cc4c5c(c3)CCCN5CCC4)cc2)cc1. The number of Topliss-reactive ketones (excluding diaryl/α,β-unsaturated/α-hetero) is 1. The van der Waals surface area contributed by atoms with Crippen molar-refractivity contribution >= 4 is 21.3 Å². The number of nitrogens with zero attached hydrogens (tertiary/aromatic N) is 1. The molecule has 0 bridgehead atoms. The van der Waals surface area contributed by atoms with E-state index < -0.39 is 15.9 Å². The smallest absolute Gasteiger partial charge is 0.210 e. The molecule has 0 spiro atoms. The zero-order chi connectivity index (χ0) is 30.5. The van der Waals surface area contributed by atoms with E-state index in [4.69, 9.17) is 4.74 Å². The van der Waals surface area contributed by atoms with Gasteiger partial charge in [-0.15, -0.1) is 0 Å². The number of carbonyl (C=O) groups excluding carboxylic acids is 1. The summed E-state index contributed by atoms with van der Waals surface area (Å²) in [7, 11) is -3.95. The van der Waals surface area contributed by atoms with Gasteiger partial charge in [-0.05, 0) is 101 Å². The Balaban J connectivity index is 1.06. The van der Waals surface area contributed by atoms with E-state index in [2.05, 4.69) is 41.3 Å². The minimum Gasteiger partial charge on any atom is -0.483 e. The number of sulfone groups is 1. The maximum atomic E-state index is 13.9. The van der Waals surface area contributed by atoms with Crippen molar-refractivity contribution in [2.75, 3.05) is 18.0 Å². The summed E-state index contributed by atoms with van der Waals surface area (Å²) in [5.41, 5.74) is 9.98. The molecule has 0 radical (unpaired) electrons. The number of aryl methyl sites for hydroxylation is 2. The molecule has 3 aliphatic rings. The normalized spacial score (nSPS) is 17.3. The van der Waals surface area contributed by atoms with Gasteiger partial charge in [0.2, 0.25) is 9.84 Å². The summed E-state index contributed by atoms with van der Waals surface area (Å²) in [4.78, 5) is 15.8. The van der Waals surface area contributed by atoms with Crippen molar-refractivity contribution in [3.63, 3.8) is 0 Å². The average Bonchev–Trinajstić information content (AvgIpc) is 3.09. The summed E-state index contributed by atoms with van der Waals surface area (Å²) in [6.07, 6.45) is 4.34. The lowest BCUT2D eigenvalue weighted by atomic mass is 9.88. The lowest BCUT2D eigenvalue weighted by Crippen LogP contribution is -2.34. The van der Waals surface area contributed by atoms with Gasteiger partial charge in [-0.3, -0.25) is 4.79 Å². The number of anilines is 1. The highest BCUT2D eigenvalue weighted by molar-refractivity contribution is 7.91. The Labute approximate surface area is 264 Å². The van der Waals surface area contributed by atoms with Crippen LogP contribution in [0.25, 0.3) is 22.3 Å². The first kappa shape index (κ1) is 27.8. The quantitative estimate of drug-likeness (QED) is 0.200. The van der Waals surface area contributed by atoms with E-state index in [0.29, 0.717) is 5.56 Å². The number of benzene rings is 5. The molecule has 45 heavy (non-hydrogen) atoms. The van der Waals surface area contributed by atoms with Gasteiger partial charge in [0.15, 0.2) is 5.78 Å². The van der Waals surface area contributed by atoms with Gasteiger partial charge in [0.05, 0.1) is 16.9 Å². The fourth-order valence-electron chi connectivity index (χ4n) is 7.16. The van der Waals surface area contributed by atoms with Crippen LogP contribution in [0, 0.1) is 0 Å². The first-order valence-corrected chi connectivity index (χ1v) is 17.2. The van der Waals surface area contributed by atoms with Crippen LogP contribution in [0.1, 0.15) is 52.4 Å². The second kappa shape index (κ2) is 11.0. The Kier molecular flexibility index (Phi) is 6.83. The summed E-state index contributed by atoms with van der Waals surface area (Å²) in [5, 5.41) is 0. The Morgan fingerprint density at radius 1 is 0.667 bits per heavy atom. The van der Waals surface area contributed by atoms with Gasteiger partial charge in [-0.1, -0.05) is 72.8 Å². The molecule has 0 aliphatic carbocycles. The van der Waals surface area contributed by atoms with Gasteiger partial charge in [0.1, 0.15) is 16.7 Å². The van der Waals surface area contributed by atoms with Gasteiger partial charge < -0.3 is 9.64 Å². The highest BCUT2D eigenvalue weighted by Gasteiger charge is 2.33. The van der Waals surface area contributed by atoms with Crippen molar-refractivity contribution < 1.29 is 17.9 Å². The number of hydrogen-bond donors (Lipinski definition) is 0. The van der Waals surface area contributed by atoms with Crippen LogP contribution < -0.4 is 9.64 Å². The molecule has 0 amide bonds. The Hall–Kier alpha value is -4.68. The third-order valence-corrected chi connectivity index (χ3v) is 11.2. The van der Waals surface area contributed by atoms with Gasteiger partial charge in [0, 0.05) is 18.8 Å². The van der Waals surface area contributed by atoms with E-state index in [1.807, 2.05) is 42.5 Å². The third-order valence-electron chi connectivity index (χ3n) is 9.42. The molecular formula is C39H33NO4S. The lowest BCUT2D eigenvalue weighted by molar-refractivity contribution is 0.0843. The molecule has 3 aliphatic heterocycles. The summed E-state index contributed by atoms with van der Waals surface area (Å²) < 4.78 is 34.0. The van der Waals surface area contributed by atoms with Crippen LogP contribution in [0.4, 0.5) is 5.69 Å². The van der Waals surface area contributed by atoms with Crippen LogP contribution >= 0.6 is 0 Å². The largest absolute Gasteiger partial charge is 0.483 e. The molecule has 5 aromatic carbocycles. The Bertz CT molecular complexity index is 2000. The molecule has 224 valence electrons. The Morgan fingerprint density at radius 3 is 1.91 bits per heavy atom. The average molecular weight is 612 g/mol. The zero-order valence-corrected chi connectivity index (χ0v) is 25.7. The third kappa shape index (κ3) is 4.94. The van der Waals surface area contributed by atoms with Gasteiger partial charge >= 0.3 is 0 Å². The molecule has 0 fully saturated rings. The first-order valence-electron chi connectivity index (χ1n) is 15.7. The lowest BCUT2D eigenvalue weighted by Gasteiger charge is -2.37. The number of rotatable bonds is 5. The molecule has 3 heterocycles. The fraction of sp³-hybridized carbons (Fsp3) is 0.205. The van der Waals surface area contributed by atoms with Crippen molar-refractivity contribution in [3.05, 3.63) is 131 Å². The molecule has 0 aromatic heterocycles. The topological polar surface area (TPSA) is 63.7 Å². The summed E-state index contributed by atoms with van der Waals surface area (Å²) in [5.74, 6) is 0.00375. The maximum absolute atomic E-state index is 13.9. The zero-order valence-electron chi connectivity index (χ0n) is 24.9. The van der Waals surface area contributed by atoms with Gasteiger partial charge in [-0.2, -0.15) is 0 Å². The van der Waals surface area contributed by atoms with E-state index in [1.54, 1.807) is 24.3 Å². The van der Waals surface area contributed by atoms with E-state index >= 15 is 0 Å². The number of carbonyl (C=O) groups is 1. The molecule has 0 N–H and O–H groups in total. The highest BCUT2D eigenvalue weighted by atomic mass is 32.2. The molecule has 0 saturated heterocycles. The number of para-hydroxylation sites is 1. The standard InChI is InChI=1S/C39H33NO4S/c41-35-25-36(29-7-2-1-3-8-29)44-39-34(35)11-4-12-37(39)45(42,43)33-19-17-27(18-20-33)26-13-15-28(16-14-26)32-23-30-9-5-21-40-22-6-10-31(24-32)38(30)40/h1-4,7-8,11-20,23-24,36H,5-6,9-10,21-22,25H2. The molecule has 5 nitrogen and oxygen atoms in total. The first-order chi connectivity index (χ1) is 22.0. The van der Waals surface area contributed by atoms with Gasteiger partial charge in [-0.25, -0.2) is 8.42 Å². The van der Waals surface area contributed by atoms with Crippen LogP contribution in [0.5, 0.6) is 5.75 Å². The fourth-order valence-corrected chi connectivity index (χ4v) is 8.57. The van der Waals surface area contributed by atoms with Crippen LogP contribution in [-0.2, 0) is 22.7 Å². The van der Waals surface area contributed by atoms with Crippen molar-refractivity contribution in [1.29, 1.82) is 0 Å². The Morgan fingerprint density at radius 2 is 1.27 bits per heavy atom. The van der Waals surface area contributed by atoms with Crippen molar-refractivity contribution in [1.82, 2.24) is 0 Å². The van der Waals surface area contributed by atoms with E-state index in [0.717, 1.165) is 29.5 Å². The predicted molar refractivity (Wildman–Crippen MR) is 177 cm³/mol. The van der Waals surface area contributed by atoms with E-state index in [1.165, 1.54) is 59.9 Å². The summed E-state index contributed by atoms with van der Waals surface area (Å²) in [6.45, 7) is 2.34. The minimum atomic E-state index is -3.95. The highest BCUT2D eigenvalue weighted by Crippen LogP contribution is 2.42. The molecule has 1 atom stereocenters. The van der Waals surface area contributed by atoms with Gasteiger partial charge in [0.25, 0.3) is 0 Å². The summed E-state index contributed by atoms with van der Waals surface area (Å²) in [6, 6.07) is 34.4. The maximum Gasteiger partial charge on any atom is 0.210 e. The molecule has 5 aromatic rings. The predicted octanol–water partition coefficient (Wildman–Crippen LogP) is 8.26. The number of ketones is 1. The molecule has 8 rings (SSSR count). The van der Waals surface area contributed by atoms with Crippen LogP contribution in [0.2, 0.25) is 0 Å². The number of fused-ring (bicyclic) bond motifs is 1. The van der Waals surface area contributed by atoms with E-state index in [9.17, 15) is 13.2 Å². The molecule has 6 heteroatoms. The monoisotopic (exact) mass is 611 g/mol. The molecule has 0 saturated carbocycles. The van der Waals surface area contributed by atoms with Crippen LogP contribution in [0.15, 0.2) is 119 Å². The van der Waals surface area contributed by atoms with Crippen LogP contribution in [-0.4, -0.2) is 27.3 Å². The summed E-state index contributed by atoms with van der Waals surface area (Å²) >= 11 is 0. The van der Waals surface area contributed by atoms with Crippen molar-refractivity contribution in [2.24, 2.45) is 0 Å². The number of hydrogen-bond acceptors (Lipinski definition) is 5.